The zero-order valence-corrected chi connectivity index (χ0v) is 19.9. The van der Waals surface area contributed by atoms with E-state index in [1.54, 1.807) is 13.3 Å². The Labute approximate surface area is 191 Å². The highest BCUT2D eigenvalue weighted by atomic mass is 127. The van der Waals surface area contributed by atoms with Crippen LogP contribution in [-0.4, -0.2) is 55.5 Å². The molecule has 2 heterocycles. The molecular weight excluding hydrogens is 481 g/mol. The molecule has 1 amide bonds. The number of carbonyl (C=O) groups excluding carboxylic acids is 1. The number of carbonyl (C=O) groups is 1. The van der Waals surface area contributed by atoms with Gasteiger partial charge in [0.05, 0.1) is 19.4 Å². The number of hydrogen-bond donors (Lipinski definition) is 3. The summed E-state index contributed by atoms with van der Waals surface area (Å²) >= 11 is 0. The molecule has 1 aromatic heterocycles. The fourth-order valence-electron chi connectivity index (χ4n) is 4.48. The number of hydrogen-bond acceptors (Lipinski definition) is 4. The molecule has 164 valence electrons. The van der Waals surface area contributed by atoms with Gasteiger partial charge in [-0.05, 0) is 50.9 Å². The van der Waals surface area contributed by atoms with E-state index in [-0.39, 0.29) is 42.0 Å². The van der Waals surface area contributed by atoms with Crippen molar-refractivity contribution in [1.29, 1.82) is 0 Å². The second-order valence-electron chi connectivity index (χ2n) is 7.97. The Hall–Kier alpha value is -1.29. The third-order valence-electron chi connectivity index (χ3n) is 6.08. The largest absolute Gasteiger partial charge is 0.467 e. The first-order valence-electron chi connectivity index (χ1n) is 10.7. The van der Waals surface area contributed by atoms with Crippen molar-refractivity contribution in [3.63, 3.8) is 0 Å². The summed E-state index contributed by atoms with van der Waals surface area (Å²) in [6, 6.07) is 3.66. The fraction of sp³-hybridized carbons (Fsp3) is 0.714. The third-order valence-corrected chi connectivity index (χ3v) is 6.08. The third kappa shape index (κ3) is 7.16. The van der Waals surface area contributed by atoms with Crippen LogP contribution in [0.25, 0.3) is 0 Å². The van der Waals surface area contributed by atoms with Gasteiger partial charge in [0.2, 0.25) is 5.91 Å². The van der Waals surface area contributed by atoms with E-state index >= 15 is 0 Å². The van der Waals surface area contributed by atoms with Crippen LogP contribution in [0, 0.1) is 0 Å². The van der Waals surface area contributed by atoms with Gasteiger partial charge in [0.25, 0.3) is 0 Å². The van der Waals surface area contributed by atoms with Crippen molar-refractivity contribution < 1.29 is 9.21 Å². The van der Waals surface area contributed by atoms with Crippen molar-refractivity contribution in [3.05, 3.63) is 24.2 Å². The van der Waals surface area contributed by atoms with Gasteiger partial charge in [0, 0.05) is 19.1 Å². The van der Waals surface area contributed by atoms with E-state index < -0.39 is 0 Å². The Morgan fingerprint density at radius 3 is 2.48 bits per heavy atom. The fourth-order valence-corrected chi connectivity index (χ4v) is 4.48. The number of amides is 1. The molecule has 7 nitrogen and oxygen atoms in total. The Balaban J connectivity index is 0.00000300. The first-order valence-corrected chi connectivity index (χ1v) is 10.7. The van der Waals surface area contributed by atoms with Crippen LogP contribution >= 0.6 is 24.0 Å². The van der Waals surface area contributed by atoms with Crippen LogP contribution in [0.1, 0.15) is 57.1 Å². The van der Waals surface area contributed by atoms with Crippen molar-refractivity contribution in [3.8, 4) is 0 Å². The summed E-state index contributed by atoms with van der Waals surface area (Å²) in [6.07, 6.45) is 12.0. The average molecular weight is 517 g/mol. The van der Waals surface area contributed by atoms with Gasteiger partial charge >= 0.3 is 0 Å². The van der Waals surface area contributed by atoms with Gasteiger partial charge in [-0.2, -0.15) is 0 Å². The molecule has 1 aliphatic heterocycles. The molecule has 0 unspecified atom stereocenters. The van der Waals surface area contributed by atoms with Crippen LogP contribution < -0.4 is 16.0 Å². The summed E-state index contributed by atoms with van der Waals surface area (Å²) in [7, 11) is 1.75. The minimum Gasteiger partial charge on any atom is -0.467 e. The topological polar surface area (TPSA) is 81.9 Å². The number of guanidine groups is 1. The molecule has 0 bridgehead atoms. The molecule has 1 aliphatic carbocycles. The highest BCUT2D eigenvalue weighted by Gasteiger charge is 2.38. The van der Waals surface area contributed by atoms with Crippen LogP contribution in [0.4, 0.5) is 0 Å². The van der Waals surface area contributed by atoms with Crippen molar-refractivity contribution in [2.24, 2.45) is 4.99 Å². The van der Waals surface area contributed by atoms with Gasteiger partial charge in [-0.1, -0.05) is 25.7 Å². The number of nitrogens with one attached hydrogen (secondary N) is 3. The van der Waals surface area contributed by atoms with E-state index in [1.165, 1.54) is 64.5 Å². The molecule has 8 heteroatoms. The quantitative estimate of drug-likeness (QED) is 0.295. The molecule has 1 saturated heterocycles. The number of furan rings is 1. The molecule has 2 aliphatic rings. The number of aliphatic imine (C=N–C) groups is 1. The molecule has 1 aromatic rings. The molecule has 2 fully saturated rings. The van der Waals surface area contributed by atoms with E-state index in [0.29, 0.717) is 12.5 Å². The van der Waals surface area contributed by atoms with Crippen molar-refractivity contribution in [2.45, 2.75) is 63.5 Å². The average Bonchev–Trinajstić information content (AvgIpc) is 3.27. The number of piperidine rings is 1. The van der Waals surface area contributed by atoms with Gasteiger partial charge in [-0.3, -0.25) is 14.7 Å². The Kier molecular flexibility index (Phi) is 10.3. The number of likely N-dealkylation sites (tertiary alicyclic amines) is 1. The Morgan fingerprint density at radius 1 is 1.10 bits per heavy atom. The van der Waals surface area contributed by atoms with Gasteiger partial charge in [-0.25, -0.2) is 0 Å². The van der Waals surface area contributed by atoms with Crippen LogP contribution in [0.3, 0.4) is 0 Å². The lowest BCUT2D eigenvalue weighted by Crippen LogP contribution is -2.59. The first kappa shape index (κ1) is 24.0. The minimum absolute atomic E-state index is 0. The predicted octanol–water partition coefficient (Wildman–Crippen LogP) is 2.87. The number of halogens is 1. The normalized spacial score (nSPS) is 19.8. The molecule has 1 saturated carbocycles. The monoisotopic (exact) mass is 517 g/mol. The van der Waals surface area contributed by atoms with E-state index in [4.69, 9.17) is 4.42 Å². The SMILES string of the molecule is CN=C(NCC(=O)NCc1ccco1)NCC1(N2CCCCC2)CCCCC1.I. The molecule has 0 radical (unpaired) electrons. The summed E-state index contributed by atoms with van der Waals surface area (Å²) in [5.74, 6) is 1.36. The Morgan fingerprint density at radius 2 is 1.83 bits per heavy atom. The molecule has 0 atom stereocenters. The van der Waals surface area contributed by atoms with E-state index in [1.807, 2.05) is 12.1 Å². The van der Waals surface area contributed by atoms with Gasteiger partial charge in [0.15, 0.2) is 5.96 Å². The zero-order chi connectivity index (χ0) is 19.7. The van der Waals surface area contributed by atoms with Crippen molar-refractivity contribution in [1.82, 2.24) is 20.9 Å². The summed E-state index contributed by atoms with van der Waals surface area (Å²) in [4.78, 5) is 19.1. The van der Waals surface area contributed by atoms with Gasteiger partial charge in [-0.15, -0.1) is 24.0 Å². The molecule has 3 N–H and O–H groups in total. The summed E-state index contributed by atoms with van der Waals surface area (Å²) < 4.78 is 5.23. The highest BCUT2D eigenvalue weighted by molar-refractivity contribution is 14.0. The molecule has 3 rings (SSSR count). The van der Waals surface area contributed by atoms with Crippen molar-refractivity contribution in [2.75, 3.05) is 33.2 Å². The smallest absolute Gasteiger partial charge is 0.239 e. The van der Waals surface area contributed by atoms with Crippen LogP contribution in [0.5, 0.6) is 0 Å². The second-order valence-corrected chi connectivity index (χ2v) is 7.97. The second kappa shape index (κ2) is 12.4. The van der Waals surface area contributed by atoms with Crippen molar-refractivity contribution >= 4 is 35.8 Å². The number of nitrogens with zero attached hydrogens (tertiary/aromatic N) is 2. The lowest BCUT2D eigenvalue weighted by atomic mass is 9.79. The Bertz CT molecular complexity index is 623. The van der Waals surface area contributed by atoms with Crippen LogP contribution in [0.2, 0.25) is 0 Å². The number of rotatable bonds is 7. The highest BCUT2D eigenvalue weighted by Crippen LogP contribution is 2.35. The lowest BCUT2D eigenvalue weighted by Gasteiger charge is -2.48. The van der Waals surface area contributed by atoms with E-state index in [9.17, 15) is 4.79 Å². The van der Waals surface area contributed by atoms with Crippen LogP contribution in [0.15, 0.2) is 27.8 Å². The summed E-state index contributed by atoms with van der Waals surface area (Å²) in [5.41, 5.74) is 0.234. The lowest BCUT2D eigenvalue weighted by molar-refractivity contribution is -0.120. The molecular formula is C21H36IN5O2. The first-order chi connectivity index (χ1) is 13.7. The maximum Gasteiger partial charge on any atom is 0.239 e. The molecule has 0 aromatic carbocycles. The van der Waals surface area contributed by atoms with Gasteiger partial charge < -0.3 is 20.4 Å². The maximum atomic E-state index is 12.1. The predicted molar refractivity (Wildman–Crippen MR) is 127 cm³/mol. The van der Waals surface area contributed by atoms with E-state index in [0.717, 1.165) is 12.3 Å². The maximum absolute atomic E-state index is 12.1. The molecule has 0 spiro atoms. The minimum atomic E-state index is -0.0808. The molecule has 29 heavy (non-hydrogen) atoms. The van der Waals surface area contributed by atoms with E-state index in [2.05, 4.69) is 25.8 Å². The van der Waals surface area contributed by atoms with Gasteiger partial charge in [0.1, 0.15) is 5.76 Å². The zero-order valence-electron chi connectivity index (χ0n) is 17.5. The standard InChI is InChI=1S/C21H35N5O2.HI/c1-22-20(24-16-19(27)23-15-18-9-8-14-28-18)25-17-21(10-4-2-5-11-21)26-12-6-3-7-13-26;/h8-9,14H,2-7,10-13,15-17H2,1H3,(H,23,27)(H2,22,24,25);1H. The summed E-state index contributed by atoms with van der Waals surface area (Å²) in [5, 5.41) is 9.48. The van der Waals surface area contributed by atoms with Crippen LogP contribution in [-0.2, 0) is 11.3 Å². The summed E-state index contributed by atoms with van der Waals surface area (Å²) in [6.45, 7) is 3.90.